The third kappa shape index (κ3) is 46.2. The summed E-state index contributed by atoms with van der Waals surface area (Å²) in [6, 6.07) is 17.6. The van der Waals surface area contributed by atoms with Crippen LogP contribution >= 0.6 is 0 Å². The highest BCUT2D eigenvalue weighted by molar-refractivity contribution is 5.94. The predicted molar refractivity (Wildman–Crippen MR) is 232 cm³/mol. The summed E-state index contributed by atoms with van der Waals surface area (Å²) in [4.78, 5) is 45.4. The number of unbranched alkanes of at least 4 members (excludes halogenated alkanes) is 2. The number of hydrogen-bond acceptors (Lipinski definition) is 8. The van der Waals surface area contributed by atoms with Crippen molar-refractivity contribution < 1.29 is 33.4 Å². The van der Waals surface area contributed by atoms with Gasteiger partial charge in [-0.3, -0.25) is 23.9 Å². The number of benzene rings is 2. The third-order valence-electron chi connectivity index (χ3n) is 6.44. The number of likely N-dealkylation sites (N-methyl/N-ethyl adjacent to an activating group) is 2. The van der Waals surface area contributed by atoms with Gasteiger partial charge in [0.15, 0.2) is 0 Å². The first-order valence-corrected chi connectivity index (χ1v) is 19.1. The molecule has 0 heterocycles. The maximum atomic E-state index is 11.7. The van der Waals surface area contributed by atoms with Gasteiger partial charge in [0.05, 0.1) is 12.1 Å². The second-order valence-corrected chi connectivity index (χ2v) is 10.6. The number of methoxy groups -OCH3 is 2. The number of hydrogen-bond donors (Lipinski definition) is 6. The zero-order chi connectivity index (χ0) is 41.7. The van der Waals surface area contributed by atoms with Gasteiger partial charge in [0.1, 0.15) is 0 Å². The molecule has 0 radical (unpaired) electrons. The lowest BCUT2D eigenvalue weighted by atomic mass is 10.1. The van der Waals surface area contributed by atoms with E-state index in [1.807, 2.05) is 77.9 Å². The Balaban J connectivity index is -0.000000120. The van der Waals surface area contributed by atoms with Crippen LogP contribution in [-0.2, 0) is 19.1 Å². The summed E-state index contributed by atoms with van der Waals surface area (Å²) in [5.41, 5.74) is 11.7. The van der Waals surface area contributed by atoms with Gasteiger partial charge in [-0.2, -0.15) is 0 Å². The van der Waals surface area contributed by atoms with Crippen molar-refractivity contribution in [2.75, 3.05) is 54.6 Å². The molecule has 2 aromatic rings. The maximum Gasteiger partial charge on any atom is 0.251 e. The number of nitrogens with two attached hydrogens (primary N) is 2. The zero-order valence-corrected chi connectivity index (χ0v) is 35.7. The van der Waals surface area contributed by atoms with Crippen molar-refractivity contribution in [3.63, 3.8) is 0 Å². The molecule has 0 aliphatic heterocycles. The normalized spacial score (nSPS) is 9.82. The molecule has 12 nitrogen and oxygen atoms in total. The van der Waals surface area contributed by atoms with Crippen LogP contribution < -0.4 is 32.7 Å². The smallest absolute Gasteiger partial charge is 0.251 e. The van der Waals surface area contributed by atoms with Crippen molar-refractivity contribution in [3.05, 3.63) is 71.8 Å². The maximum absolute atomic E-state index is 11.7. The van der Waals surface area contributed by atoms with Gasteiger partial charge >= 0.3 is 0 Å². The van der Waals surface area contributed by atoms with Crippen molar-refractivity contribution in [2.45, 2.75) is 120 Å². The molecule has 0 bridgehead atoms. The molecule has 13 heteroatoms. The van der Waals surface area contributed by atoms with Crippen LogP contribution in [0.2, 0.25) is 0 Å². The molecule has 0 aliphatic rings. The van der Waals surface area contributed by atoms with Gasteiger partial charge in [-0.05, 0) is 90.7 Å². The summed E-state index contributed by atoms with van der Waals surface area (Å²) < 4.78 is 9.08. The van der Waals surface area contributed by atoms with Crippen molar-refractivity contribution in [1.29, 1.82) is 0 Å². The molecule has 0 aromatic heterocycles. The van der Waals surface area contributed by atoms with Gasteiger partial charge in [0.25, 0.3) is 11.8 Å². The van der Waals surface area contributed by atoms with Crippen LogP contribution in [0.15, 0.2) is 60.7 Å². The molecule has 0 fully saturated rings. The Morgan fingerprint density at radius 2 is 0.836 bits per heavy atom. The Morgan fingerprint density at radius 3 is 1.04 bits per heavy atom. The quantitative estimate of drug-likeness (QED) is 0.0883. The molecular formula is C42H83FN6O6. The van der Waals surface area contributed by atoms with Crippen LogP contribution in [0.5, 0.6) is 0 Å². The first-order valence-electron chi connectivity index (χ1n) is 19.1. The molecule has 8 N–H and O–H groups in total. The number of rotatable bonds is 18. The average Bonchev–Trinajstić information content (AvgIpc) is 3.20. The minimum atomic E-state index is -0.337. The number of amides is 4. The molecule has 2 rings (SSSR count). The molecule has 0 unspecified atom stereocenters. The Hall–Kier alpha value is -3.91. The van der Waals surface area contributed by atoms with E-state index in [1.165, 1.54) is 6.42 Å². The predicted octanol–water partition coefficient (Wildman–Crippen LogP) is 6.88. The zero-order valence-electron chi connectivity index (χ0n) is 35.7. The highest BCUT2D eigenvalue weighted by Crippen LogP contribution is 2.03. The Kier molecular flexibility index (Phi) is 65.3. The number of carbonyl (C=O) groups is 4. The minimum absolute atomic E-state index is 0. The van der Waals surface area contributed by atoms with E-state index in [0.717, 1.165) is 38.9 Å². The summed E-state index contributed by atoms with van der Waals surface area (Å²) in [6.45, 7) is 19.0. The lowest BCUT2D eigenvalue weighted by Crippen LogP contribution is -2.39. The molecule has 0 spiro atoms. The number of nitrogens with one attached hydrogen (secondary N) is 4. The van der Waals surface area contributed by atoms with Gasteiger partial charge in [-0.15, -0.1) is 0 Å². The molecular weight excluding hydrogens is 703 g/mol. The van der Waals surface area contributed by atoms with Crippen LogP contribution in [0, 0.1) is 0 Å². The number of primary amides is 2. The lowest BCUT2D eigenvalue weighted by molar-refractivity contribution is -0.120. The van der Waals surface area contributed by atoms with Crippen LogP contribution in [0.1, 0.15) is 128 Å². The van der Waals surface area contributed by atoms with Crippen molar-refractivity contribution in [1.82, 2.24) is 21.3 Å². The topological polar surface area (TPSA) is 187 Å². The van der Waals surface area contributed by atoms with E-state index >= 15 is 0 Å². The largest absolute Gasteiger partial charge is 0.385 e. The van der Waals surface area contributed by atoms with Gasteiger partial charge in [-0.1, -0.05) is 91.8 Å². The summed E-state index contributed by atoms with van der Waals surface area (Å²) >= 11 is 0. The molecule has 324 valence electrons. The fourth-order valence-electron chi connectivity index (χ4n) is 3.59. The first kappa shape index (κ1) is 65.9. The van der Waals surface area contributed by atoms with Crippen molar-refractivity contribution in [3.8, 4) is 0 Å². The van der Waals surface area contributed by atoms with E-state index in [2.05, 4.69) is 44.6 Å². The average molecular weight is 787 g/mol. The molecule has 0 saturated carbocycles. The van der Waals surface area contributed by atoms with Gasteiger partial charge in [-0.25, -0.2) is 0 Å². The summed E-state index contributed by atoms with van der Waals surface area (Å²) in [6.07, 6.45) is 5.95. The van der Waals surface area contributed by atoms with Crippen molar-refractivity contribution >= 4 is 23.6 Å². The molecule has 0 saturated heterocycles. The van der Waals surface area contributed by atoms with E-state index in [9.17, 15) is 19.2 Å². The van der Waals surface area contributed by atoms with E-state index in [-0.39, 0.29) is 47.8 Å². The van der Waals surface area contributed by atoms with E-state index < -0.39 is 0 Å². The number of carbonyl (C=O) groups excluding carboxylic acids is 4. The van der Waals surface area contributed by atoms with Gasteiger partial charge in [0.2, 0.25) is 11.8 Å². The second-order valence-electron chi connectivity index (χ2n) is 10.6. The molecule has 2 atom stereocenters. The summed E-state index contributed by atoms with van der Waals surface area (Å²) in [5.74, 6) is -0.812. The summed E-state index contributed by atoms with van der Waals surface area (Å²) in [7, 11) is 6.79. The number of ether oxygens (including phenoxy) is 2. The standard InChI is InChI=1S/2C14H21N3O2.2C3H8O.C3H8.2C2H6.CH4.FH/c2*1-16-12(13(15)18)9-5-6-10-17-14(19)11-7-3-2-4-8-11;2*1-3-4-2;1-3-2;2*1-2;;/h2*2-4,7-8,12,16H,5-6,9-10H2,1H3,(H2,15,18)(H,17,19);2*3H2,1-2H3;3H2,1-2H3;2*1-2H3;1H4;1H/t2*12-;;;;;;;/m00......./s1. The van der Waals surface area contributed by atoms with Gasteiger partial charge < -0.3 is 42.2 Å². The minimum Gasteiger partial charge on any atom is -0.385 e. The molecule has 0 aliphatic carbocycles. The number of halogens is 1. The van der Waals surface area contributed by atoms with Crippen LogP contribution in [0.4, 0.5) is 4.70 Å². The van der Waals surface area contributed by atoms with E-state index in [1.54, 1.807) is 52.6 Å². The second kappa shape index (κ2) is 54.4. The highest BCUT2D eigenvalue weighted by Gasteiger charge is 2.12. The fraction of sp³-hybridized carbons (Fsp3) is 0.619. The van der Waals surface area contributed by atoms with E-state index in [0.29, 0.717) is 37.1 Å². The first-order chi connectivity index (χ1) is 25.5. The fourth-order valence-corrected chi connectivity index (χ4v) is 3.59. The lowest BCUT2D eigenvalue weighted by Gasteiger charge is -2.11. The van der Waals surface area contributed by atoms with Gasteiger partial charge in [0, 0.05) is 51.6 Å². The molecule has 55 heavy (non-hydrogen) atoms. The molecule has 4 amide bonds. The summed E-state index contributed by atoms with van der Waals surface area (Å²) in [5, 5.41) is 11.4. The Bertz CT molecular complexity index is 981. The van der Waals surface area contributed by atoms with Crippen LogP contribution in [0.25, 0.3) is 0 Å². The molecule has 2 aromatic carbocycles. The monoisotopic (exact) mass is 787 g/mol. The SMILES string of the molecule is C.CC.CC.CCC.CCOC.CCOC.CN[C@@H](CCCCNC(=O)c1ccccc1)C(N)=O.CN[C@@H](CCCCNC(=O)c1ccccc1)C(N)=O.F. The Morgan fingerprint density at radius 1 is 0.582 bits per heavy atom. The third-order valence-corrected chi connectivity index (χ3v) is 6.44. The highest BCUT2D eigenvalue weighted by atomic mass is 19.0. The van der Waals surface area contributed by atoms with Crippen molar-refractivity contribution in [2.24, 2.45) is 11.5 Å². The van der Waals surface area contributed by atoms with Crippen LogP contribution in [0.3, 0.4) is 0 Å². The van der Waals surface area contributed by atoms with Crippen LogP contribution in [-0.4, -0.2) is 90.3 Å². The van der Waals surface area contributed by atoms with E-state index in [4.69, 9.17) is 11.5 Å². The Labute approximate surface area is 335 Å².